The summed E-state index contributed by atoms with van der Waals surface area (Å²) in [6.45, 7) is -0.112. The van der Waals surface area contributed by atoms with E-state index in [4.69, 9.17) is 0 Å². The first-order chi connectivity index (χ1) is 14.8. The number of fused-ring (bicyclic) bond motifs is 1. The highest BCUT2D eigenvalue weighted by molar-refractivity contribution is 5.85. The number of carbonyl (C=O) groups excluding carboxylic acids is 2. The molecular formula is C21H19F2N3O5. The topological polar surface area (TPSA) is 94.7 Å². The van der Waals surface area contributed by atoms with Crippen molar-refractivity contribution in [1.29, 1.82) is 0 Å². The smallest absolute Gasteiger partial charge is 0.307 e. The summed E-state index contributed by atoms with van der Waals surface area (Å²) in [6.07, 6.45) is 1.56. The summed E-state index contributed by atoms with van der Waals surface area (Å²) in [7, 11) is 1.23. The van der Waals surface area contributed by atoms with E-state index in [1.54, 1.807) is 22.9 Å². The average Bonchev–Trinajstić information content (AvgIpc) is 3.15. The number of esters is 1. The normalized spacial score (nSPS) is 10.8. The Kier molecular flexibility index (Phi) is 6.58. The zero-order valence-electron chi connectivity index (χ0n) is 16.6. The lowest BCUT2D eigenvalue weighted by atomic mass is 10.2. The van der Waals surface area contributed by atoms with Crippen LogP contribution in [0.5, 0.6) is 0 Å². The molecule has 0 bridgehead atoms. The average molecular weight is 431 g/mol. The summed E-state index contributed by atoms with van der Waals surface area (Å²) in [5.41, 5.74) is 0.930. The Bertz CT molecular complexity index is 1150. The maximum Gasteiger partial charge on any atom is 0.307 e. The van der Waals surface area contributed by atoms with E-state index in [0.29, 0.717) is 16.5 Å². The van der Waals surface area contributed by atoms with E-state index in [1.807, 2.05) is 0 Å². The van der Waals surface area contributed by atoms with E-state index < -0.39 is 22.5 Å². The molecule has 8 nitrogen and oxygen atoms in total. The van der Waals surface area contributed by atoms with Gasteiger partial charge in [-0.1, -0.05) is 6.07 Å². The predicted octanol–water partition coefficient (Wildman–Crippen LogP) is 3.42. The second-order valence-corrected chi connectivity index (χ2v) is 6.83. The van der Waals surface area contributed by atoms with Crippen molar-refractivity contribution in [3.8, 4) is 0 Å². The molecule has 1 amide bonds. The Labute approximate surface area is 175 Å². The molecule has 0 saturated carbocycles. The fraction of sp³-hybridized carbons (Fsp3) is 0.238. The van der Waals surface area contributed by atoms with Crippen molar-refractivity contribution in [2.45, 2.75) is 19.5 Å². The van der Waals surface area contributed by atoms with Crippen molar-refractivity contribution in [3.05, 3.63) is 76.0 Å². The second kappa shape index (κ2) is 9.33. The molecule has 1 aromatic heterocycles. The van der Waals surface area contributed by atoms with E-state index in [2.05, 4.69) is 4.74 Å². The molecule has 0 aliphatic rings. The molecule has 0 N–H and O–H groups in total. The van der Waals surface area contributed by atoms with Crippen molar-refractivity contribution in [1.82, 2.24) is 9.47 Å². The summed E-state index contributed by atoms with van der Waals surface area (Å²) in [5.74, 6) is -2.91. The fourth-order valence-corrected chi connectivity index (χ4v) is 3.16. The summed E-state index contributed by atoms with van der Waals surface area (Å²) >= 11 is 0. The number of nitrogens with zero attached hydrogens (tertiary/aromatic N) is 3. The largest absolute Gasteiger partial charge is 0.469 e. The van der Waals surface area contributed by atoms with Gasteiger partial charge in [-0.25, -0.2) is 8.78 Å². The molecule has 31 heavy (non-hydrogen) atoms. The number of hydrogen-bond acceptors (Lipinski definition) is 5. The summed E-state index contributed by atoms with van der Waals surface area (Å²) in [4.78, 5) is 36.3. The van der Waals surface area contributed by atoms with Crippen LogP contribution >= 0.6 is 0 Å². The molecule has 0 fully saturated rings. The molecule has 3 aromatic rings. The highest BCUT2D eigenvalue weighted by atomic mass is 19.2. The number of ether oxygens (including phenoxy) is 1. The molecule has 10 heteroatoms. The summed E-state index contributed by atoms with van der Waals surface area (Å²) < 4.78 is 33.0. The molecule has 0 radical (unpaired) electrons. The zero-order valence-corrected chi connectivity index (χ0v) is 16.6. The van der Waals surface area contributed by atoms with Gasteiger partial charge in [-0.2, -0.15) is 0 Å². The first-order valence-corrected chi connectivity index (χ1v) is 9.30. The first-order valence-electron chi connectivity index (χ1n) is 9.30. The van der Waals surface area contributed by atoms with Gasteiger partial charge in [-0.15, -0.1) is 0 Å². The number of non-ortho nitro benzene ring substituents is 1. The van der Waals surface area contributed by atoms with Crippen LogP contribution in [0.1, 0.15) is 12.0 Å². The second-order valence-electron chi connectivity index (χ2n) is 6.83. The van der Waals surface area contributed by atoms with Gasteiger partial charge in [-0.05, 0) is 29.8 Å². The third-order valence-corrected chi connectivity index (χ3v) is 4.79. The quantitative estimate of drug-likeness (QED) is 0.309. The van der Waals surface area contributed by atoms with E-state index >= 15 is 0 Å². The fourth-order valence-electron chi connectivity index (χ4n) is 3.16. The van der Waals surface area contributed by atoms with Crippen LogP contribution in [0.3, 0.4) is 0 Å². The number of halogens is 2. The lowest BCUT2D eigenvalue weighted by molar-refractivity contribution is -0.384. The van der Waals surface area contributed by atoms with Gasteiger partial charge in [0, 0.05) is 42.3 Å². The third-order valence-electron chi connectivity index (χ3n) is 4.79. The highest BCUT2D eigenvalue weighted by Crippen LogP contribution is 2.22. The van der Waals surface area contributed by atoms with Gasteiger partial charge in [0.05, 0.1) is 18.5 Å². The molecule has 0 atom stereocenters. The molecule has 0 aliphatic carbocycles. The Morgan fingerprint density at radius 3 is 2.58 bits per heavy atom. The van der Waals surface area contributed by atoms with Crippen LogP contribution in [-0.4, -0.2) is 39.9 Å². The van der Waals surface area contributed by atoms with Crippen LogP contribution in [0.2, 0.25) is 0 Å². The lowest BCUT2D eigenvalue weighted by Gasteiger charge is -2.23. The maximum atomic E-state index is 13.6. The predicted molar refractivity (Wildman–Crippen MR) is 107 cm³/mol. The van der Waals surface area contributed by atoms with Gasteiger partial charge in [0.25, 0.3) is 5.69 Å². The number of nitro benzene ring substituents is 1. The molecular weight excluding hydrogens is 412 g/mol. The van der Waals surface area contributed by atoms with E-state index in [-0.39, 0.29) is 37.6 Å². The van der Waals surface area contributed by atoms with Crippen LogP contribution in [-0.2, 0) is 27.4 Å². The molecule has 0 spiro atoms. The first kappa shape index (κ1) is 21.9. The number of amides is 1. The number of benzene rings is 2. The molecule has 162 valence electrons. The number of hydrogen-bond donors (Lipinski definition) is 0. The van der Waals surface area contributed by atoms with Crippen LogP contribution in [0.4, 0.5) is 14.5 Å². The molecule has 1 heterocycles. The maximum absolute atomic E-state index is 13.6. The summed E-state index contributed by atoms with van der Waals surface area (Å²) in [6, 6.07) is 9.30. The van der Waals surface area contributed by atoms with Crippen LogP contribution < -0.4 is 0 Å². The monoisotopic (exact) mass is 431 g/mol. The third kappa shape index (κ3) is 5.21. The van der Waals surface area contributed by atoms with Gasteiger partial charge >= 0.3 is 5.97 Å². The van der Waals surface area contributed by atoms with Gasteiger partial charge in [0.15, 0.2) is 11.6 Å². The lowest BCUT2D eigenvalue weighted by Crippen LogP contribution is -2.35. The Hall–Kier alpha value is -3.82. The minimum absolute atomic E-state index is 0.0230. The molecule has 2 aromatic carbocycles. The van der Waals surface area contributed by atoms with E-state index in [0.717, 1.165) is 12.1 Å². The van der Waals surface area contributed by atoms with Gasteiger partial charge in [0.2, 0.25) is 5.91 Å². The Morgan fingerprint density at radius 1 is 1.13 bits per heavy atom. The number of carbonyl (C=O) groups is 2. The Balaban J connectivity index is 1.81. The molecule has 0 saturated heterocycles. The minimum atomic E-state index is -1.03. The van der Waals surface area contributed by atoms with Crippen molar-refractivity contribution >= 4 is 28.5 Å². The number of methoxy groups -OCH3 is 1. The van der Waals surface area contributed by atoms with Crippen LogP contribution in [0, 0.1) is 21.7 Å². The van der Waals surface area contributed by atoms with Crippen LogP contribution in [0.25, 0.3) is 10.9 Å². The molecule has 0 aliphatic heterocycles. The van der Waals surface area contributed by atoms with Gasteiger partial charge in [0.1, 0.15) is 6.54 Å². The van der Waals surface area contributed by atoms with Crippen molar-refractivity contribution < 1.29 is 28.0 Å². The van der Waals surface area contributed by atoms with Gasteiger partial charge < -0.3 is 14.2 Å². The number of nitro groups is 1. The van der Waals surface area contributed by atoms with Crippen molar-refractivity contribution in [2.75, 3.05) is 13.7 Å². The Morgan fingerprint density at radius 2 is 1.90 bits per heavy atom. The zero-order chi connectivity index (χ0) is 22.5. The number of aromatic nitrogens is 1. The van der Waals surface area contributed by atoms with Crippen LogP contribution in [0.15, 0.2) is 48.7 Å². The molecule has 3 rings (SSSR count). The van der Waals surface area contributed by atoms with Crippen molar-refractivity contribution in [2.24, 2.45) is 0 Å². The van der Waals surface area contributed by atoms with Gasteiger partial charge in [-0.3, -0.25) is 19.7 Å². The van der Waals surface area contributed by atoms with Crippen molar-refractivity contribution in [3.63, 3.8) is 0 Å². The summed E-state index contributed by atoms with van der Waals surface area (Å²) in [5, 5.41) is 11.5. The molecule has 0 unspecified atom stereocenters. The highest BCUT2D eigenvalue weighted by Gasteiger charge is 2.18. The SMILES string of the molecule is COC(=O)CCN(Cc1ccc(F)c(F)c1)C(=O)Cn1ccc2cc([N+](=O)[O-])ccc21. The number of rotatable bonds is 8. The van der Waals surface area contributed by atoms with E-state index in [1.165, 1.54) is 30.2 Å². The standard InChI is InChI=1S/C21H19F2N3O5/c1-31-21(28)7-9-25(12-14-2-4-17(22)18(23)10-14)20(27)13-24-8-6-15-11-16(26(29)30)3-5-19(15)24/h2-6,8,10-11H,7,9,12-13H2,1H3. The minimum Gasteiger partial charge on any atom is -0.469 e. The van der Waals surface area contributed by atoms with E-state index in [9.17, 15) is 28.5 Å².